The summed E-state index contributed by atoms with van der Waals surface area (Å²) in [7, 11) is -2.97. The molecule has 16 heavy (non-hydrogen) atoms. The van der Waals surface area contributed by atoms with Crippen LogP contribution in [-0.2, 0) is 14.6 Å². The van der Waals surface area contributed by atoms with Crippen molar-refractivity contribution >= 4 is 15.7 Å². The molecule has 1 fully saturated rings. The molecule has 0 aliphatic heterocycles. The summed E-state index contributed by atoms with van der Waals surface area (Å²) >= 11 is 0. The van der Waals surface area contributed by atoms with Crippen molar-refractivity contribution in [2.45, 2.75) is 19.8 Å². The molecule has 6 heteroatoms. The molecule has 1 aliphatic carbocycles. The molecule has 1 aliphatic rings. The molecule has 0 heterocycles. The van der Waals surface area contributed by atoms with Crippen LogP contribution in [0.3, 0.4) is 0 Å². The summed E-state index contributed by atoms with van der Waals surface area (Å²) in [5, 5.41) is 5.63. The predicted molar refractivity (Wildman–Crippen MR) is 62.9 cm³/mol. The summed E-state index contributed by atoms with van der Waals surface area (Å²) in [5.74, 6) is 0.765. The number of rotatable bonds is 8. The van der Waals surface area contributed by atoms with Crippen molar-refractivity contribution in [1.29, 1.82) is 0 Å². The Labute approximate surface area is 96.9 Å². The molecule has 1 saturated carbocycles. The van der Waals surface area contributed by atoms with E-state index in [9.17, 15) is 13.2 Å². The number of sulfone groups is 1. The van der Waals surface area contributed by atoms with Crippen molar-refractivity contribution < 1.29 is 13.2 Å². The predicted octanol–water partition coefficient (Wildman–Crippen LogP) is -0.463. The summed E-state index contributed by atoms with van der Waals surface area (Å²) in [6.45, 7) is 2.98. The Morgan fingerprint density at radius 2 is 2.06 bits per heavy atom. The van der Waals surface area contributed by atoms with Gasteiger partial charge in [0.1, 0.15) is 0 Å². The van der Waals surface area contributed by atoms with Crippen LogP contribution < -0.4 is 10.6 Å². The van der Waals surface area contributed by atoms with Crippen molar-refractivity contribution in [2.24, 2.45) is 5.92 Å². The quantitative estimate of drug-likeness (QED) is 0.609. The molecule has 1 amide bonds. The smallest absolute Gasteiger partial charge is 0.233 e. The maximum absolute atomic E-state index is 11.3. The Hall–Kier alpha value is -0.620. The van der Waals surface area contributed by atoms with E-state index in [2.05, 4.69) is 10.6 Å². The number of carbonyl (C=O) groups is 1. The van der Waals surface area contributed by atoms with Gasteiger partial charge in [0.2, 0.25) is 5.91 Å². The van der Waals surface area contributed by atoms with Crippen LogP contribution in [0.1, 0.15) is 19.8 Å². The fourth-order valence-corrected chi connectivity index (χ4v) is 1.97. The van der Waals surface area contributed by atoms with E-state index in [4.69, 9.17) is 0 Å². The molecule has 0 aromatic carbocycles. The first-order chi connectivity index (χ1) is 7.53. The van der Waals surface area contributed by atoms with Crippen molar-refractivity contribution in [3.8, 4) is 0 Å². The lowest BCUT2D eigenvalue weighted by Gasteiger charge is -2.06. The molecule has 0 unspecified atom stereocenters. The van der Waals surface area contributed by atoms with Gasteiger partial charge < -0.3 is 10.6 Å². The zero-order chi connectivity index (χ0) is 12.0. The van der Waals surface area contributed by atoms with Gasteiger partial charge in [-0.1, -0.05) is 6.92 Å². The van der Waals surface area contributed by atoms with Gasteiger partial charge in [-0.25, -0.2) is 8.42 Å². The van der Waals surface area contributed by atoms with E-state index in [0.717, 1.165) is 12.5 Å². The van der Waals surface area contributed by atoms with Crippen molar-refractivity contribution in [3.05, 3.63) is 0 Å². The maximum atomic E-state index is 11.3. The van der Waals surface area contributed by atoms with E-state index in [-0.39, 0.29) is 30.5 Å². The lowest BCUT2D eigenvalue weighted by atomic mass is 10.4. The normalized spacial score (nSPS) is 16.1. The van der Waals surface area contributed by atoms with Gasteiger partial charge in [0.25, 0.3) is 0 Å². The zero-order valence-corrected chi connectivity index (χ0v) is 10.5. The van der Waals surface area contributed by atoms with Gasteiger partial charge in [0.15, 0.2) is 9.84 Å². The monoisotopic (exact) mass is 248 g/mol. The zero-order valence-electron chi connectivity index (χ0n) is 9.66. The molecule has 0 saturated heterocycles. The Balaban J connectivity index is 2.00. The lowest BCUT2D eigenvalue weighted by molar-refractivity contribution is -0.120. The fraction of sp³-hybridized carbons (Fsp3) is 0.900. The number of carbonyl (C=O) groups excluding carboxylic acids is 1. The Morgan fingerprint density at radius 1 is 1.38 bits per heavy atom. The van der Waals surface area contributed by atoms with Gasteiger partial charge in [0.05, 0.1) is 12.3 Å². The van der Waals surface area contributed by atoms with Gasteiger partial charge in [-0.15, -0.1) is 0 Å². The molecule has 0 bridgehead atoms. The number of nitrogens with one attached hydrogen (secondary N) is 2. The minimum atomic E-state index is -2.97. The Kier molecular flexibility index (Phi) is 5.21. The van der Waals surface area contributed by atoms with Crippen LogP contribution in [0.4, 0.5) is 0 Å². The van der Waals surface area contributed by atoms with Crippen LogP contribution in [0, 0.1) is 5.92 Å². The van der Waals surface area contributed by atoms with Crippen molar-refractivity contribution in [2.75, 3.05) is 31.1 Å². The molecule has 0 atom stereocenters. The van der Waals surface area contributed by atoms with Crippen LogP contribution in [0.2, 0.25) is 0 Å². The van der Waals surface area contributed by atoms with E-state index < -0.39 is 9.84 Å². The summed E-state index contributed by atoms with van der Waals surface area (Å²) < 4.78 is 22.3. The van der Waals surface area contributed by atoms with Crippen LogP contribution in [0.25, 0.3) is 0 Å². The molecule has 0 aromatic rings. The second-order valence-corrected chi connectivity index (χ2v) is 6.63. The highest BCUT2D eigenvalue weighted by molar-refractivity contribution is 7.91. The first kappa shape index (κ1) is 13.4. The Morgan fingerprint density at radius 3 is 2.62 bits per heavy atom. The highest BCUT2D eigenvalue weighted by atomic mass is 32.2. The lowest BCUT2D eigenvalue weighted by Crippen LogP contribution is -2.37. The van der Waals surface area contributed by atoms with Crippen LogP contribution in [0.5, 0.6) is 0 Å². The fourth-order valence-electron chi connectivity index (χ4n) is 1.26. The first-order valence-electron chi connectivity index (χ1n) is 5.71. The average Bonchev–Trinajstić information content (AvgIpc) is 3.01. The summed E-state index contributed by atoms with van der Waals surface area (Å²) in [6.07, 6.45) is 2.51. The van der Waals surface area contributed by atoms with Crippen LogP contribution in [0.15, 0.2) is 0 Å². The van der Waals surface area contributed by atoms with Gasteiger partial charge in [-0.05, 0) is 25.3 Å². The summed E-state index contributed by atoms with van der Waals surface area (Å²) in [4.78, 5) is 11.3. The highest BCUT2D eigenvalue weighted by Crippen LogP contribution is 2.27. The van der Waals surface area contributed by atoms with Gasteiger partial charge in [-0.2, -0.15) is 0 Å². The molecule has 2 N–H and O–H groups in total. The molecule has 0 aromatic heterocycles. The number of hydrogen-bond donors (Lipinski definition) is 2. The number of amides is 1. The number of hydrogen-bond acceptors (Lipinski definition) is 4. The molecule has 0 spiro atoms. The van der Waals surface area contributed by atoms with E-state index in [1.54, 1.807) is 6.92 Å². The summed E-state index contributed by atoms with van der Waals surface area (Å²) in [5.41, 5.74) is 0. The van der Waals surface area contributed by atoms with E-state index in [1.165, 1.54) is 12.8 Å². The minimum Gasteiger partial charge on any atom is -0.354 e. The minimum absolute atomic E-state index is 0.0257. The standard InChI is InChI=1S/C10H20N2O3S/c1-2-16(14,15)6-5-12-10(13)8-11-7-9-3-4-9/h9,11H,2-8H2,1H3,(H,12,13). The van der Waals surface area contributed by atoms with Crippen molar-refractivity contribution in [3.63, 3.8) is 0 Å². The van der Waals surface area contributed by atoms with Crippen LogP contribution >= 0.6 is 0 Å². The first-order valence-corrected chi connectivity index (χ1v) is 7.53. The largest absolute Gasteiger partial charge is 0.354 e. The van der Waals surface area contributed by atoms with Gasteiger partial charge >= 0.3 is 0 Å². The third-order valence-electron chi connectivity index (χ3n) is 2.59. The van der Waals surface area contributed by atoms with E-state index in [1.807, 2.05) is 0 Å². The second-order valence-electron chi connectivity index (χ2n) is 4.16. The van der Waals surface area contributed by atoms with E-state index in [0.29, 0.717) is 0 Å². The topological polar surface area (TPSA) is 75.3 Å². The Bertz CT molecular complexity index is 323. The van der Waals surface area contributed by atoms with Crippen molar-refractivity contribution in [1.82, 2.24) is 10.6 Å². The SMILES string of the molecule is CCS(=O)(=O)CCNC(=O)CNCC1CC1. The molecule has 5 nitrogen and oxygen atoms in total. The summed E-state index contributed by atoms with van der Waals surface area (Å²) in [6, 6.07) is 0. The third kappa shape index (κ3) is 6.07. The molecular formula is C10H20N2O3S. The van der Waals surface area contributed by atoms with E-state index >= 15 is 0 Å². The molecule has 94 valence electrons. The van der Waals surface area contributed by atoms with Gasteiger partial charge in [0, 0.05) is 12.3 Å². The molecule has 0 radical (unpaired) electrons. The molecule has 1 rings (SSSR count). The van der Waals surface area contributed by atoms with Gasteiger partial charge in [-0.3, -0.25) is 4.79 Å². The second kappa shape index (κ2) is 6.20. The third-order valence-corrected chi connectivity index (χ3v) is 4.30. The molecular weight excluding hydrogens is 228 g/mol. The van der Waals surface area contributed by atoms with Crippen LogP contribution in [-0.4, -0.2) is 45.5 Å². The highest BCUT2D eigenvalue weighted by Gasteiger charge is 2.20. The average molecular weight is 248 g/mol. The maximum Gasteiger partial charge on any atom is 0.233 e.